The number of aryl methyl sites for hydroxylation is 2. The lowest BCUT2D eigenvalue weighted by Crippen LogP contribution is -2.13. The van der Waals surface area contributed by atoms with Gasteiger partial charge < -0.3 is 9.84 Å². The van der Waals surface area contributed by atoms with Crippen molar-refractivity contribution >= 4 is 22.9 Å². The Kier molecular flexibility index (Phi) is 4.56. The lowest BCUT2D eigenvalue weighted by atomic mass is 10.1. The highest BCUT2D eigenvalue weighted by Gasteiger charge is 2.21. The highest BCUT2D eigenvalue weighted by atomic mass is 32.1. The van der Waals surface area contributed by atoms with Gasteiger partial charge in [0.1, 0.15) is 17.0 Å². The lowest BCUT2D eigenvalue weighted by Gasteiger charge is -2.07. The Balaban J connectivity index is 1.63. The van der Waals surface area contributed by atoms with E-state index >= 15 is 0 Å². The Morgan fingerprint density at radius 3 is 2.56 bits per heavy atom. The van der Waals surface area contributed by atoms with Crippen LogP contribution < -0.4 is 5.32 Å². The van der Waals surface area contributed by atoms with E-state index in [0.29, 0.717) is 22.7 Å². The lowest BCUT2D eigenvalue weighted by molar-refractivity contribution is 0.102. The first-order valence-electron chi connectivity index (χ1n) is 8.47. The van der Waals surface area contributed by atoms with Crippen LogP contribution in [0.25, 0.3) is 22.5 Å². The zero-order valence-electron chi connectivity index (χ0n) is 14.9. The van der Waals surface area contributed by atoms with Crippen molar-refractivity contribution in [3.05, 3.63) is 76.3 Å². The third-order valence-electron chi connectivity index (χ3n) is 4.17. The molecule has 4 aromatic rings. The van der Waals surface area contributed by atoms with Crippen LogP contribution in [-0.2, 0) is 0 Å². The normalized spacial score (nSPS) is 10.7. The molecule has 0 saturated heterocycles. The monoisotopic (exact) mass is 375 g/mol. The molecular formula is C21H17N3O2S. The van der Waals surface area contributed by atoms with Gasteiger partial charge >= 0.3 is 0 Å². The van der Waals surface area contributed by atoms with Gasteiger partial charge in [-0.3, -0.25) is 4.79 Å². The van der Waals surface area contributed by atoms with Gasteiger partial charge in [-0.15, -0.1) is 11.3 Å². The molecule has 27 heavy (non-hydrogen) atoms. The summed E-state index contributed by atoms with van der Waals surface area (Å²) in [6.45, 7) is 3.71. The number of thiazole rings is 1. The van der Waals surface area contributed by atoms with Crippen LogP contribution >= 0.6 is 11.3 Å². The number of carbonyl (C=O) groups is 1. The van der Waals surface area contributed by atoms with E-state index in [1.165, 1.54) is 0 Å². The van der Waals surface area contributed by atoms with Crippen LogP contribution in [0.15, 0.2) is 64.5 Å². The molecule has 2 heterocycles. The molecule has 2 aromatic carbocycles. The summed E-state index contributed by atoms with van der Waals surface area (Å²) in [5.41, 5.74) is 4.38. The van der Waals surface area contributed by atoms with Gasteiger partial charge in [-0.2, -0.15) is 0 Å². The molecule has 0 aliphatic heterocycles. The van der Waals surface area contributed by atoms with Crippen molar-refractivity contribution in [2.75, 3.05) is 5.32 Å². The van der Waals surface area contributed by atoms with Crippen molar-refractivity contribution in [2.24, 2.45) is 0 Å². The van der Waals surface area contributed by atoms with Gasteiger partial charge in [-0.05, 0) is 26.0 Å². The number of anilines is 1. The van der Waals surface area contributed by atoms with E-state index in [0.717, 1.165) is 21.8 Å². The van der Waals surface area contributed by atoms with Crippen molar-refractivity contribution in [3.8, 4) is 22.5 Å². The molecule has 0 aliphatic carbocycles. The average molecular weight is 375 g/mol. The van der Waals surface area contributed by atoms with Crippen molar-refractivity contribution in [3.63, 3.8) is 0 Å². The Morgan fingerprint density at radius 1 is 1.04 bits per heavy atom. The fourth-order valence-corrected chi connectivity index (χ4v) is 3.50. The zero-order valence-corrected chi connectivity index (χ0v) is 15.7. The van der Waals surface area contributed by atoms with Gasteiger partial charge in [0, 0.05) is 22.2 Å². The van der Waals surface area contributed by atoms with Crippen LogP contribution in [0.5, 0.6) is 0 Å². The summed E-state index contributed by atoms with van der Waals surface area (Å²) < 4.78 is 5.29. The molecule has 2 aromatic heterocycles. The van der Waals surface area contributed by atoms with Crippen LogP contribution in [0.2, 0.25) is 0 Å². The van der Waals surface area contributed by atoms with Crippen LogP contribution in [0.4, 0.5) is 5.69 Å². The Labute approximate surface area is 160 Å². The molecule has 0 bridgehead atoms. The molecular weight excluding hydrogens is 358 g/mol. The van der Waals surface area contributed by atoms with Crippen LogP contribution in [-0.4, -0.2) is 16.0 Å². The zero-order chi connectivity index (χ0) is 18.8. The molecule has 6 heteroatoms. The SMILES string of the molecule is Cc1nc(-c2cccc(NC(=O)c3c(-c4ccccc4)noc3C)c2)cs1. The topological polar surface area (TPSA) is 68.0 Å². The van der Waals surface area contributed by atoms with Gasteiger partial charge in [0.25, 0.3) is 5.91 Å². The fourth-order valence-electron chi connectivity index (χ4n) is 2.88. The number of amides is 1. The summed E-state index contributed by atoms with van der Waals surface area (Å²) >= 11 is 1.60. The van der Waals surface area contributed by atoms with E-state index in [9.17, 15) is 4.79 Å². The van der Waals surface area contributed by atoms with Crippen molar-refractivity contribution in [2.45, 2.75) is 13.8 Å². The minimum atomic E-state index is -0.251. The number of nitrogens with zero attached hydrogens (tertiary/aromatic N) is 2. The molecule has 5 nitrogen and oxygen atoms in total. The molecule has 0 spiro atoms. The first-order chi connectivity index (χ1) is 13.1. The van der Waals surface area contributed by atoms with Gasteiger partial charge in [-0.1, -0.05) is 47.6 Å². The first-order valence-corrected chi connectivity index (χ1v) is 9.35. The summed E-state index contributed by atoms with van der Waals surface area (Å²) in [6, 6.07) is 17.2. The van der Waals surface area contributed by atoms with Crippen LogP contribution in [0.3, 0.4) is 0 Å². The van der Waals surface area contributed by atoms with Gasteiger partial charge in [0.2, 0.25) is 0 Å². The summed E-state index contributed by atoms with van der Waals surface area (Å²) in [6.07, 6.45) is 0. The van der Waals surface area contributed by atoms with Crippen LogP contribution in [0.1, 0.15) is 21.1 Å². The highest BCUT2D eigenvalue weighted by Crippen LogP contribution is 2.27. The summed E-state index contributed by atoms with van der Waals surface area (Å²) in [7, 11) is 0. The predicted octanol–water partition coefficient (Wildman–Crippen LogP) is 5.33. The predicted molar refractivity (Wildman–Crippen MR) is 107 cm³/mol. The number of hydrogen-bond acceptors (Lipinski definition) is 5. The van der Waals surface area contributed by atoms with Gasteiger partial charge in [-0.25, -0.2) is 4.98 Å². The minimum absolute atomic E-state index is 0.251. The molecule has 1 amide bonds. The fraction of sp³-hybridized carbons (Fsp3) is 0.0952. The number of hydrogen-bond donors (Lipinski definition) is 1. The summed E-state index contributed by atoms with van der Waals surface area (Å²) in [4.78, 5) is 17.4. The standard InChI is InChI=1S/C21H17N3O2S/c1-13-19(20(24-26-13)15-7-4-3-5-8-15)21(25)23-17-10-6-9-16(11-17)18-12-27-14(2)22-18/h3-12H,1-2H3,(H,23,25). The maximum atomic E-state index is 12.9. The third-order valence-corrected chi connectivity index (χ3v) is 4.95. The van der Waals surface area contributed by atoms with Crippen molar-refractivity contribution in [1.82, 2.24) is 10.1 Å². The second-order valence-electron chi connectivity index (χ2n) is 6.12. The number of carbonyl (C=O) groups excluding carboxylic acids is 1. The van der Waals surface area contributed by atoms with Crippen molar-refractivity contribution in [1.29, 1.82) is 0 Å². The quantitative estimate of drug-likeness (QED) is 0.523. The second kappa shape index (κ2) is 7.17. The molecule has 0 radical (unpaired) electrons. The van der Waals surface area contributed by atoms with E-state index in [1.54, 1.807) is 18.3 Å². The largest absolute Gasteiger partial charge is 0.360 e. The number of aromatic nitrogens is 2. The third kappa shape index (κ3) is 3.52. The highest BCUT2D eigenvalue weighted by molar-refractivity contribution is 7.09. The van der Waals surface area contributed by atoms with E-state index in [2.05, 4.69) is 15.5 Å². The Hall–Kier alpha value is -3.25. The molecule has 0 aliphatic rings. The molecule has 0 fully saturated rings. The first kappa shape index (κ1) is 17.2. The smallest absolute Gasteiger partial charge is 0.261 e. The average Bonchev–Trinajstić information content (AvgIpc) is 3.28. The Morgan fingerprint density at radius 2 is 1.81 bits per heavy atom. The second-order valence-corrected chi connectivity index (χ2v) is 7.18. The van der Waals surface area contributed by atoms with Crippen LogP contribution in [0, 0.1) is 13.8 Å². The molecule has 134 valence electrons. The maximum Gasteiger partial charge on any atom is 0.261 e. The summed E-state index contributed by atoms with van der Waals surface area (Å²) in [5.74, 6) is 0.233. The van der Waals surface area contributed by atoms with Crippen molar-refractivity contribution < 1.29 is 9.32 Å². The van der Waals surface area contributed by atoms with E-state index in [4.69, 9.17) is 4.52 Å². The van der Waals surface area contributed by atoms with Gasteiger partial charge in [0.05, 0.1) is 10.7 Å². The summed E-state index contributed by atoms with van der Waals surface area (Å²) in [5, 5.41) is 10.0. The molecule has 4 rings (SSSR count). The molecule has 1 N–H and O–H groups in total. The Bertz CT molecular complexity index is 1100. The minimum Gasteiger partial charge on any atom is -0.360 e. The van der Waals surface area contributed by atoms with E-state index in [1.807, 2.05) is 66.9 Å². The van der Waals surface area contributed by atoms with Gasteiger partial charge in [0.15, 0.2) is 0 Å². The van der Waals surface area contributed by atoms with E-state index < -0.39 is 0 Å². The van der Waals surface area contributed by atoms with E-state index in [-0.39, 0.29) is 5.91 Å². The molecule has 0 saturated carbocycles. The number of benzene rings is 2. The number of nitrogens with one attached hydrogen (secondary N) is 1. The molecule has 0 unspecified atom stereocenters. The maximum absolute atomic E-state index is 12.9. The molecule has 0 atom stereocenters. The number of rotatable bonds is 4.